The molecule has 22 heavy (non-hydrogen) atoms. The van der Waals surface area contributed by atoms with E-state index in [-0.39, 0.29) is 23.6 Å². The molecule has 1 aliphatic rings. The molecule has 2 N–H and O–H groups in total. The number of nitrogens with one attached hydrogen (secondary N) is 2. The topological polar surface area (TPSA) is 57.8 Å². The minimum atomic E-state index is -0.345. The fraction of sp³-hybridized carbons (Fsp3) is 0.375. The van der Waals surface area contributed by atoms with Crippen LogP contribution in [0.15, 0.2) is 24.3 Å². The Morgan fingerprint density at radius 2 is 2.23 bits per heavy atom. The summed E-state index contributed by atoms with van der Waals surface area (Å²) in [6, 6.07) is 6.30. The third kappa shape index (κ3) is 3.14. The summed E-state index contributed by atoms with van der Waals surface area (Å²) in [7, 11) is 0. The Balaban J connectivity index is 1.62. The van der Waals surface area contributed by atoms with E-state index in [1.54, 1.807) is 6.07 Å². The second-order valence-corrected chi connectivity index (χ2v) is 6.31. The third-order valence-electron chi connectivity index (χ3n) is 4.08. The summed E-state index contributed by atoms with van der Waals surface area (Å²) in [6.45, 7) is 2.41. The monoisotopic (exact) mass is 321 g/mol. The number of halogens is 2. The van der Waals surface area contributed by atoms with Crippen LogP contribution in [0.2, 0.25) is 5.02 Å². The van der Waals surface area contributed by atoms with Crippen molar-refractivity contribution >= 4 is 17.5 Å². The highest BCUT2D eigenvalue weighted by molar-refractivity contribution is 6.31. The van der Waals surface area contributed by atoms with Gasteiger partial charge in [-0.05, 0) is 43.5 Å². The number of aromatic amines is 1. The molecule has 1 saturated carbocycles. The molecule has 116 valence electrons. The largest absolute Gasteiger partial charge is 0.355 e. The fourth-order valence-electron chi connectivity index (χ4n) is 2.67. The van der Waals surface area contributed by atoms with Gasteiger partial charge >= 0.3 is 0 Å². The molecule has 4 nitrogen and oxygen atoms in total. The molecule has 1 aliphatic carbocycles. The number of carbonyl (C=O) groups is 1. The van der Waals surface area contributed by atoms with Gasteiger partial charge in [0, 0.05) is 22.7 Å². The van der Waals surface area contributed by atoms with Crippen molar-refractivity contribution in [1.29, 1.82) is 0 Å². The van der Waals surface area contributed by atoms with Crippen molar-refractivity contribution in [3.8, 4) is 0 Å². The van der Waals surface area contributed by atoms with Gasteiger partial charge in [-0.25, -0.2) is 4.39 Å². The lowest BCUT2D eigenvalue weighted by Crippen LogP contribution is -2.33. The molecule has 1 aromatic heterocycles. The normalized spacial score (nSPS) is 15.6. The van der Waals surface area contributed by atoms with E-state index >= 15 is 0 Å². The first kappa shape index (κ1) is 15.0. The van der Waals surface area contributed by atoms with Gasteiger partial charge in [-0.15, -0.1) is 0 Å². The predicted molar refractivity (Wildman–Crippen MR) is 82.4 cm³/mol. The van der Waals surface area contributed by atoms with Crippen molar-refractivity contribution in [2.24, 2.45) is 0 Å². The number of hydrogen-bond donors (Lipinski definition) is 2. The van der Waals surface area contributed by atoms with E-state index in [0.29, 0.717) is 11.6 Å². The van der Waals surface area contributed by atoms with Crippen LogP contribution in [0.5, 0.6) is 0 Å². The van der Waals surface area contributed by atoms with Crippen molar-refractivity contribution < 1.29 is 9.18 Å². The Morgan fingerprint density at radius 3 is 2.82 bits per heavy atom. The number of carbonyl (C=O) groups excluding carboxylic acids is 1. The van der Waals surface area contributed by atoms with Crippen LogP contribution in [-0.2, 0) is 16.6 Å². The number of H-pyrrole nitrogens is 1. The highest BCUT2D eigenvalue weighted by Crippen LogP contribution is 2.50. The van der Waals surface area contributed by atoms with E-state index in [9.17, 15) is 9.18 Å². The van der Waals surface area contributed by atoms with Gasteiger partial charge in [0.25, 0.3) is 0 Å². The maximum absolute atomic E-state index is 13.2. The third-order valence-corrected chi connectivity index (χ3v) is 4.39. The van der Waals surface area contributed by atoms with Crippen molar-refractivity contribution in [2.45, 2.75) is 31.6 Å². The maximum Gasteiger partial charge on any atom is 0.226 e. The minimum absolute atomic E-state index is 0.0731. The number of rotatable bonds is 5. The summed E-state index contributed by atoms with van der Waals surface area (Å²) in [5, 5.41) is 10.2. The number of hydrogen-bond acceptors (Lipinski definition) is 2. The molecule has 2 aromatic rings. The average Bonchev–Trinajstić information content (AvgIpc) is 3.13. The van der Waals surface area contributed by atoms with Gasteiger partial charge in [0.05, 0.1) is 12.1 Å². The standard InChI is InChI=1S/C16H17ClFN3O/c1-10-6-12(21-20-10)8-15(22)19-9-16(4-5-16)13-3-2-11(18)7-14(13)17/h2-3,6-7H,4-5,8-9H2,1H3,(H,19,22)(H,20,21). The van der Waals surface area contributed by atoms with Gasteiger partial charge in [0.2, 0.25) is 5.91 Å². The summed E-state index contributed by atoms with van der Waals surface area (Å²) in [5.41, 5.74) is 2.41. The smallest absolute Gasteiger partial charge is 0.226 e. The van der Waals surface area contributed by atoms with Gasteiger partial charge in [0.1, 0.15) is 5.82 Å². The van der Waals surface area contributed by atoms with E-state index in [0.717, 1.165) is 29.8 Å². The Labute approximate surface area is 133 Å². The second-order valence-electron chi connectivity index (χ2n) is 5.90. The van der Waals surface area contributed by atoms with Crippen LogP contribution >= 0.6 is 11.6 Å². The summed E-state index contributed by atoms with van der Waals surface area (Å²) < 4.78 is 13.2. The first-order valence-corrected chi connectivity index (χ1v) is 7.59. The maximum atomic E-state index is 13.2. The van der Waals surface area contributed by atoms with Gasteiger partial charge in [-0.2, -0.15) is 5.10 Å². The molecule has 3 rings (SSSR count). The Morgan fingerprint density at radius 1 is 1.45 bits per heavy atom. The summed E-state index contributed by atoms with van der Waals surface area (Å²) in [6.07, 6.45) is 2.14. The van der Waals surface area contributed by atoms with Crippen LogP contribution in [0.4, 0.5) is 4.39 Å². The summed E-state index contributed by atoms with van der Waals surface area (Å²) >= 11 is 6.14. The first-order chi connectivity index (χ1) is 10.5. The lowest BCUT2D eigenvalue weighted by Gasteiger charge is -2.18. The predicted octanol–water partition coefficient (Wildman–Crippen LogP) is 2.90. The average molecular weight is 322 g/mol. The molecule has 0 unspecified atom stereocenters. The zero-order valence-corrected chi connectivity index (χ0v) is 13.0. The summed E-state index contributed by atoms with van der Waals surface area (Å²) in [4.78, 5) is 12.0. The SMILES string of the molecule is Cc1cc(CC(=O)NCC2(c3ccc(F)cc3Cl)CC2)n[nH]1. The van der Waals surface area contributed by atoms with Crippen LogP contribution in [0.25, 0.3) is 0 Å². The van der Waals surface area contributed by atoms with Crippen molar-refractivity contribution in [1.82, 2.24) is 15.5 Å². The highest BCUT2D eigenvalue weighted by Gasteiger charge is 2.45. The van der Waals surface area contributed by atoms with Crippen LogP contribution in [0.1, 0.15) is 29.8 Å². The lowest BCUT2D eigenvalue weighted by atomic mass is 9.95. The Bertz CT molecular complexity index is 709. The Hall–Kier alpha value is -1.88. The van der Waals surface area contributed by atoms with E-state index in [4.69, 9.17) is 11.6 Å². The van der Waals surface area contributed by atoms with E-state index in [1.165, 1.54) is 12.1 Å². The van der Waals surface area contributed by atoms with E-state index in [1.807, 2.05) is 13.0 Å². The number of amides is 1. The molecule has 0 saturated heterocycles. The Kier molecular flexibility index (Phi) is 3.91. The molecule has 6 heteroatoms. The molecule has 1 amide bonds. The molecule has 0 spiro atoms. The number of benzene rings is 1. The molecular formula is C16H17ClFN3O. The van der Waals surface area contributed by atoms with Crippen LogP contribution < -0.4 is 5.32 Å². The van der Waals surface area contributed by atoms with E-state index in [2.05, 4.69) is 15.5 Å². The van der Waals surface area contributed by atoms with Crippen LogP contribution in [0, 0.1) is 12.7 Å². The quantitative estimate of drug-likeness (QED) is 0.889. The lowest BCUT2D eigenvalue weighted by molar-refractivity contribution is -0.120. The van der Waals surface area contributed by atoms with Gasteiger partial charge in [-0.1, -0.05) is 17.7 Å². The molecule has 0 radical (unpaired) electrons. The number of aromatic nitrogens is 2. The van der Waals surface area contributed by atoms with Crippen LogP contribution in [-0.4, -0.2) is 22.6 Å². The fourth-order valence-corrected chi connectivity index (χ4v) is 3.04. The van der Waals surface area contributed by atoms with Crippen molar-refractivity contribution in [2.75, 3.05) is 6.54 Å². The zero-order valence-electron chi connectivity index (χ0n) is 12.2. The molecule has 0 aliphatic heterocycles. The van der Waals surface area contributed by atoms with E-state index < -0.39 is 0 Å². The molecule has 0 bridgehead atoms. The van der Waals surface area contributed by atoms with Crippen molar-refractivity contribution in [3.63, 3.8) is 0 Å². The van der Waals surface area contributed by atoms with Gasteiger partial charge in [0.15, 0.2) is 0 Å². The molecule has 0 atom stereocenters. The van der Waals surface area contributed by atoms with Crippen LogP contribution in [0.3, 0.4) is 0 Å². The summed E-state index contributed by atoms with van der Waals surface area (Å²) in [5.74, 6) is -0.418. The number of aryl methyl sites for hydroxylation is 1. The molecule has 1 aromatic carbocycles. The zero-order chi connectivity index (χ0) is 15.7. The van der Waals surface area contributed by atoms with Gasteiger partial charge in [-0.3, -0.25) is 9.89 Å². The van der Waals surface area contributed by atoms with Crippen molar-refractivity contribution in [3.05, 3.63) is 52.1 Å². The molecule has 1 heterocycles. The molecule has 1 fully saturated rings. The minimum Gasteiger partial charge on any atom is -0.355 e. The number of nitrogens with zero attached hydrogens (tertiary/aromatic N) is 1. The first-order valence-electron chi connectivity index (χ1n) is 7.22. The molecular weight excluding hydrogens is 305 g/mol. The highest BCUT2D eigenvalue weighted by atomic mass is 35.5. The second kappa shape index (κ2) is 5.72. The van der Waals surface area contributed by atoms with Gasteiger partial charge < -0.3 is 5.32 Å².